The van der Waals surface area contributed by atoms with E-state index in [1.54, 1.807) is 14.2 Å². The number of ether oxygens (including phenoxy) is 3. The van der Waals surface area contributed by atoms with Crippen molar-refractivity contribution in [3.05, 3.63) is 35.4 Å². The SMILES string of the molecule is COc1c(C)c(CCCOCCCO)c(OC)c2ccccc12. The van der Waals surface area contributed by atoms with Gasteiger partial charge in [-0.1, -0.05) is 24.3 Å². The second-order valence-electron chi connectivity index (χ2n) is 5.51. The van der Waals surface area contributed by atoms with Crippen molar-refractivity contribution in [1.82, 2.24) is 0 Å². The quantitative estimate of drug-likeness (QED) is 0.719. The van der Waals surface area contributed by atoms with Crippen LogP contribution in [0.3, 0.4) is 0 Å². The molecule has 0 unspecified atom stereocenters. The molecular weight excluding hydrogens is 292 g/mol. The maximum atomic E-state index is 8.75. The molecule has 0 amide bonds. The number of aliphatic hydroxyl groups excluding tert-OH is 1. The zero-order chi connectivity index (χ0) is 16.7. The lowest BCUT2D eigenvalue weighted by atomic mass is 9.95. The van der Waals surface area contributed by atoms with Gasteiger partial charge in [-0.05, 0) is 31.7 Å². The zero-order valence-corrected chi connectivity index (χ0v) is 14.2. The molecule has 0 atom stereocenters. The summed E-state index contributed by atoms with van der Waals surface area (Å²) in [6.45, 7) is 3.54. The van der Waals surface area contributed by atoms with Gasteiger partial charge < -0.3 is 19.3 Å². The second kappa shape index (κ2) is 8.75. The van der Waals surface area contributed by atoms with Crippen molar-refractivity contribution in [2.24, 2.45) is 0 Å². The lowest BCUT2D eigenvalue weighted by Gasteiger charge is -2.19. The van der Waals surface area contributed by atoms with Crippen LogP contribution in [0.2, 0.25) is 0 Å². The first-order valence-corrected chi connectivity index (χ1v) is 8.05. The molecule has 0 aliphatic carbocycles. The normalized spacial score (nSPS) is 11.0. The third kappa shape index (κ3) is 3.95. The van der Waals surface area contributed by atoms with E-state index in [9.17, 15) is 0 Å². The minimum atomic E-state index is 0.175. The van der Waals surface area contributed by atoms with Gasteiger partial charge in [0.2, 0.25) is 0 Å². The van der Waals surface area contributed by atoms with Gasteiger partial charge in [0.05, 0.1) is 14.2 Å². The lowest BCUT2D eigenvalue weighted by Crippen LogP contribution is -2.04. The Morgan fingerprint density at radius 1 is 0.913 bits per heavy atom. The Balaban J connectivity index is 2.25. The monoisotopic (exact) mass is 318 g/mol. The summed E-state index contributed by atoms with van der Waals surface area (Å²) in [5.74, 6) is 1.84. The molecule has 4 nitrogen and oxygen atoms in total. The number of hydrogen-bond donors (Lipinski definition) is 1. The second-order valence-corrected chi connectivity index (χ2v) is 5.51. The largest absolute Gasteiger partial charge is 0.496 e. The molecule has 0 heterocycles. The van der Waals surface area contributed by atoms with Crippen LogP contribution in [0.1, 0.15) is 24.0 Å². The Bertz CT molecular complexity index is 637. The minimum Gasteiger partial charge on any atom is -0.496 e. The highest BCUT2D eigenvalue weighted by molar-refractivity contribution is 5.96. The Morgan fingerprint density at radius 2 is 1.52 bits per heavy atom. The van der Waals surface area contributed by atoms with Crippen molar-refractivity contribution in [1.29, 1.82) is 0 Å². The van der Waals surface area contributed by atoms with Crippen molar-refractivity contribution >= 4 is 10.8 Å². The summed E-state index contributed by atoms with van der Waals surface area (Å²) >= 11 is 0. The van der Waals surface area contributed by atoms with E-state index < -0.39 is 0 Å². The molecule has 2 aromatic rings. The molecule has 1 N–H and O–H groups in total. The minimum absolute atomic E-state index is 0.175. The Labute approximate surface area is 138 Å². The molecule has 0 aromatic heterocycles. The summed E-state index contributed by atoms with van der Waals surface area (Å²) < 4.78 is 16.9. The smallest absolute Gasteiger partial charge is 0.130 e. The van der Waals surface area contributed by atoms with Gasteiger partial charge in [0.1, 0.15) is 11.5 Å². The molecule has 0 spiro atoms. The third-order valence-electron chi connectivity index (χ3n) is 4.05. The molecule has 2 aromatic carbocycles. The zero-order valence-electron chi connectivity index (χ0n) is 14.2. The van der Waals surface area contributed by atoms with E-state index in [-0.39, 0.29) is 6.61 Å². The van der Waals surface area contributed by atoms with Crippen LogP contribution >= 0.6 is 0 Å². The van der Waals surface area contributed by atoms with Crippen LogP contribution in [-0.4, -0.2) is 39.1 Å². The van der Waals surface area contributed by atoms with Crippen molar-refractivity contribution in [2.75, 3.05) is 34.0 Å². The van der Waals surface area contributed by atoms with Gasteiger partial charge in [0.25, 0.3) is 0 Å². The molecule has 0 fully saturated rings. The molecule has 23 heavy (non-hydrogen) atoms. The molecule has 2 rings (SSSR count). The maximum absolute atomic E-state index is 8.75. The van der Waals surface area contributed by atoms with Crippen molar-refractivity contribution in [2.45, 2.75) is 26.2 Å². The number of fused-ring (bicyclic) bond motifs is 1. The predicted octanol–water partition coefficient (Wildman–Crippen LogP) is 3.50. The average Bonchev–Trinajstić information content (AvgIpc) is 2.58. The molecule has 126 valence electrons. The average molecular weight is 318 g/mol. The van der Waals surface area contributed by atoms with Crippen LogP contribution in [0.15, 0.2) is 24.3 Å². The number of hydrogen-bond acceptors (Lipinski definition) is 4. The van der Waals surface area contributed by atoms with Crippen LogP contribution in [0.25, 0.3) is 10.8 Å². The van der Waals surface area contributed by atoms with Crippen LogP contribution in [0.4, 0.5) is 0 Å². The molecule has 0 bridgehead atoms. The predicted molar refractivity (Wildman–Crippen MR) is 92.6 cm³/mol. The van der Waals surface area contributed by atoms with E-state index in [1.807, 2.05) is 12.1 Å². The first-order chi connectivity index (χ1) is 11.2. The molecule has 0 aliphatic rings. The molecular formula is C19H26O4. The van der Waals surface area contributed by atoms with Crippen LogP contribution in [0.5, 0.6) is 11.5 Å². The summed E-state index contributed by atoms with van der Waals surface area (Å²) in [7, 11) is 3.43. The van der Waals surface area contributed by atoms with Gasteiger partial charge in [0.15, 0.2) is 0 Å². The fourth-order valence-electron chi connectivity index (χ4n) is 2.97. The molecule has 0 aliphatic heterocycles. The molecule has 0 saturated heterocycles. The van der Waals surface area contributed by atoms with Gasteiger partial charge in [-0.15, -0.1) is 0 Å². The summed E-state index contributed by atoms with van der Waals surface area (Å²) in [5, 5.41) is 10.9. The summed E-state index contributed by atoms with van der Waals surface area (Å²) in [4.78, 5) is 0. The molecule has 0 saturated carbocycles. The van der Waals surface area contributed by atoms with Crippen molar-refractivity contribution in [3.8, 4) is 11.5 Å². The molecule has 4 heteroatoms. The van der Waals surface area contributed by atoms with Crippen molar-refractivity contribution < 1.29 is 19.3 Å². The first kappa shape index (κ1) is 17.6. The highest BCUT2D eigenvalue weighted by Crippen LogP contribution is 2.40. The summed E-state index contributed by atoms with van der Waals surface area (Å²) in [6, 6.07) is 8.16. The van der Waals surface area contributed by atoms with Gasteiger partial charge in [-0.2, -0.15) is 0 Å². The van der Waals surface area contributed by atoms with E-state index in [0.717, 1.165) is 40.7 Å². The van der Waals surface area contributed by atoms with Crippen LogP contribution < -0.4 is 9.47 Å². The molecule has 0 radical (unpaired) electrons. The van der Waals surface area contributed by atoms with Gasteiger partial charge in [0, 0.05) is 36.2 Å². The van der Waals surface area contributed by atoms with Crippen LogP contribution in [-0.2, 0) is 11.2 Å². The Hall–Kier alpha value is -1.78. The Morgan fingerprint density at radius 3 is 2.13 bits per heavy atom. The number of rotatable bonds is 9. The highest BCUT2D eigenvalue weighted by Gasteiger charge is 2.17. The Kier molecular flexibility index (Phi) is 6.68. The van der Waals surface area contributed by atoms with E-state index in [4.69, 9.17) is 19.3 Å². The fourth-order valence-corrected chi connectivity index (χ4v) is 2.97. The van der Waals surface area contributed by atoms with Crippen LogP contribution in [0, 0.1) is 6.92 Å². The van der Waals surface area contributed by atoms with Crippen molar-refractivity contribution in [3.63, 3.8) is 0 Å². The van der Waals surface area contributed by atoms with E-state index in [1.165, 1.54) is 5.56 Å². The fraction of sp³-hybridized carbons (Fsp3) is 0.474. The van der Waals surface area contributed by atoms with E-state index in [0.29, 0.717) is 19.6 Å². The van der Waals surface area contributed by atoms with Gasteiger partial charge >= 0.3 is 0 Å². The summed E-state index contributed by atoms with van der Waals surface area (Å²) in [6.07, 6.45) is 2.46. The number of benzene rings is 2. The third-order valence-corrected chi connectivity index (χ3v) is 4.05. The number of aliphatic hydroxyl groups is 1. The van der Waals surface area contributed by atoms with Gasteiger partial charge in [-0.3, -0.25) is 0 Å². The number of methoxy groups -OCH3 is 2. The van der Waals surface area contributed by atoms with E-state index in [2.05, 4.69) is 19.1 Å². The lowest BCUT2D eigenvalue weighted by molar-refractivity contribution is 0.114. The van der Waals surface area contributed by atoms with Gasteiger partial charge in [-0.25, -0.2) is 0 Å². The summed E-state index contributed by atoms with van der Waals surface area (Å²) in [5.41, 5.74) is 2.30. The topological polar surface area (TPSA) is 47.9 Å². The maximum Gasteiger partial charge on any atom is 0.130 e. The standard InChI is InChI=1S/C19H26O4/c1-14-15(10-6-12-23-13-7-11-20)19(22-3)17-9-5-4-8-16(17)18(14)21-2/h4-5,8-9,20H,6-7,10-13H2,1-3H3. The van der Waals surface area contributed by atoms with E-state index >= 15 is 0 Å². The first-order valence-electron chi connectivity index (χ1n) is 8.05. The highest BCUT2D eigenvalue weighted by atomic mass is 16.5.